The van der Waals surface area contributed by atoms with E-state index in [1.807, 2.05) is 12.3 Å². The summed E-state index contributed by atoms with van der Waals surface area (Å²) in [4.78, 5) is 1.21. The monoisotopic (exact) mass is 206 g/mol. The molecule has 0 aliphatic rings. The van der Waals surface area contributed by atoms with Crippen molar-refractivity contribution >= 4 is 27.3 Å². The molecule has 1 heterocycles. The largest absolute Gasteiger partial charge is 0.494 e. The van der Waals surface area contributed by atoms with Crippen LogP contribution in [0.1, 0.15) is 4.88 Å². The first-order chi connectivity index (χ1) is 4.25. The van der Waals surface area contributed by atoms with Crippen LogP contribution in [0.25, 0.3) is 0 Å². The Morgan fingerprint density at radius 1 is 1.67 bits per heavy atom. The molecule has 0 atom stereocenters. The molecule has 1 aromatic heterocycles. The fourth-order valence-corrected chi connectivity index (χ4v) is 2.22. The summed E-state index contributed by atoms with van der Waals surface area (Å²) in [6.07, 6.45) is 0. The molecule has 0 radical (unpaired) electrons. The molecule has 0 aliphatic heterocycles. The molecule has 0 unspecified atom stereocenters. The maximum Gasteiger partial charge on any atom is 0.146 e. The van der Waals surface area contributed by atoms with E-state index in [0.29, 0.717) is 0 Å². The Morgan fingerprint density at radius 2 is 2.33 bits per heavy atom. The first kappa shape index (κ1) is 7.09. The molecule has 9 heavy (non-hydrogen) atoms. The van der Waals surface area contributed by atoms with Gasteiger partial charge in [0.1, 0.15) is 5.75 Å². The lowest BCUT2D eigenvalue weighted by Crippen LogP contribution is -1.80. The van der Waals surface area contributed by atoms with E-state index in [4.69, 9.17) is 4.74 Å². The lowest BCUT2D eigenvalue weighted by molar-refractivity contribution is 0.411. The van der Waals surface area contributed by atoms with Gasteiger partial charge in [-0.05, 0) is 22.9 Å². The highest BCUT2D eigenvalue weighted by atomic mass is 79.9. The summed E-state index contributed by atoms with van der Waals surface area (Å²) < 4.78 is 6.13. The number of aryl methyl sites for hydroxylation is 1. The molecule has 0 amide bonds. The lowest BCUT2D eigenvalue weighted by Gasteiger charge is -1.95. The van der Waals surface area contributed by atoms with Crippen molar-refractivity contribution in [2.24, 2.45) is 0 Å². The highest BCUT2D eigenvalue weighted by molar-refractivity contribution is 9.10. The van der Waals surface area contributed by atoms with Gasteiger partial charge in [-0.25, -0.2) is 0 Å². The summed E-state index contributed by atoms with van der Waals surface area (Å²) in [5, 5.41) is 2.02. The average Bonchev–Trinajstić information content (AvgIpc) is 2.12. The van der Waals surface area contributed by atoms with Gasteiger partial charge in [-0.15, -0.1) is 11.3 Å². The van der Waals surface area contributed by atoms with E-state index in [9.17, 15) is 0 Å². The Morgan fingerprint density at radius 3 is 2.56 bits per heavy atom. The van der Waals surface area contributed by atoms with Gasteiger partial charge < -0.3 is 4.74 Å². The van der Waals surface area contributed by atoms with Gasteiger partial charge in [-0.3, -0.25) is 0 Å². The quantitative estimate of drug-likeness (QED) is 0.687. The molecular formula is C6H7BrOS. The third-order valence-corrected chi connectivity index (χ3v) is 2.86. The zero-order valence-electron chi connectivity index (χ0n) is 5.27. The third-order valence-electron chi connectivity index (χ3n) is 1.08. The van der Waals surface area contributed by atoms with Crippen LogP contribution in [0.2, 0.25) is 0 Å². The van der Waals surface area contributed by atoms with Crippen molar-refractivity contribution in [2.45, 2.75) is 6.92 Å². The zero-order chi connectivity index (χ0) is 6.85. The van der Waals surface area contributed by atoms with Crippen LogP contribution in [0.5, 0.6) is 5.75 Å². The molecule has 50 valence electrons. The average molecular weight is 207 g/mol. The molecule has 0 saturated heterocycles. The van der Waals surface area contributed by atoms with Gasteiger partial charge in [0.2, 0.25) is 0 Å². The summed E-state index contributed by atoms with van der Waals surface area (Å²) in [6, 6.07) is 0. The van der Waals surface area contributed by atoms with Crippen LogP contribution in [0.15, 0.2) is 9.85 Å². The van der Waals surface area contributed by atoms with Crippen molar-refractivity contribution < 1.29 is 4.74 Å². The number of hydrogen-bond donors (Lipinski definition) is 0. The van der Waals surface area contributed by atoms with Crippen LogP contribution in [-0.2, 0) is 0 Å². The Bertz CT molecular complexity index is 187. The highest BCUT2D eigenvalue weighted by Gasteiger charge is 2.03. The van der Waals surface area contributed by atoms with Crippen molar-refractivity contribution in [1.29, 1.82) is 0 Å². The minimum atomic E-state index is 0.958. The standard InChI is InChI=1S/C6H7BrOS/c1-4-6(8-2)5(7)3-9-4/h3H,1-2H3. The fourth-order valence-electron chi connectivity index (χ4n) is 0.657. The van der Waals surface area contributed by atoms with Crippen molar-refractivity contribution in [3.63, 3.8) is 0 Å². The molecule has 0 spiro atoms. The minimum Gasteiger partial charge on any atom is -0.494 e. The molecule has 1 rings (SSSR count). The molecule has 0 saturated carbocycles. The van der Waals surface area contributed by atoms with Crippen LogP contribution in [-0.4, -0.2) is 7.11 Å². The molecular weight excluding hydrogens is 200 g/mol. The van der Waals surface area contributed by atoms with Crippen LogP contribution in [0.4, 0.5) is 0 Å². The molecule has 0 aliphatic carbocycles. The van der Waals surface area contributed by atoms with Crippen LogP contribution in [0, 0.1) is 6.92 Å². The number of rotatable bonds is 1. The van der Waals surface area contributed by atoms with E-state index in [0.717, 1.165) is 10.2 Å². The van der Waals surface area contributed by atoms with Gasteiger partial charge >= 0.3 is 0 Å². The molecule has 1 nitrogen and oxygen atoms in total. The maximum atomic E-state index is 5.08. The number of halogens is 1. The summed E-state index contributed by atoms with van der Waals surface area (Å²) >= 11 is 5.05. The molecule has 0 bridgehead atoms. The topological polar surface area (TPSA) is 9.23 Å². The second-order valence-electron chi connectivity index (χ2n) is 1.67. The van der Waals surface area contributed by atoms with E-state index in [2.05, 4.69) is 15.9 Å². The molecule has 0 aromatic carbocycles. The van der Waals surface area contributed by atoms with Gasteiger partial charge in [0.25, 0.3) is 0 Å². The van der Waals surface area contributed by atoms with Gasteiger partial charge in [0.05, 0.1) is 11.6 Å². The molecule has 3 heteroatoms. The minimum absolute atomic E-state index is 0.958. The summed E-state index contributed by atoms with van der Waals surface area (Å²) in [6.45, 7) is 2.04. The SMILES string of the molecule is COc1c(Br)csc1C. The Balaban J connectivity index is 3.07. The predicted molar refractivity (Wildman–Crippen MR) is 43.3 cm³/mol. The fraction of sp³-hybridized carbons (Fsp3) is 0.333. The Hall–Kier alpha value is -0.0200. The first-order valence-electron chi connectivity index (χ1n) is 2.53. The zero-order valence-corrected chi connectivity index (χ0v) is 7.67. The summed E-state index contributed by atoms with van der Waals surface area (Å²) in [7, 11) is 1.68. The molecule has 0 fully saturated rings. The first-order valence-corrected chi connectivity index (χ1v) is 4.20. The van der Waals surface area contributed by atoms with Crippen molar-refractivity contribution in [3.05, 3.63) is 14.7 Å². The molecule has 0 N–H and O–H groups in total. The van der Waals surface area contributed by atoms with Crippen molar-refractivity contribution in [3.8, 4) is 5.75 Å². The van der Waals surface area contributed by atoms with E-state index in [-0.39, 0.29) is 0 Å². The second kappa shape index (κ2) is 2.71. The van der Waals surface area contributed by atoms with E-state index in [1.165, 1.54) is 4.88 Å². The van der Waals surface area contributed by atoms with E-state index in [1.54, 1.807) is 18.4 Å². The third kappa shape index (κ3) is 1.27. The van der Waals surface area contributed by atoms with Gasteiger partial charge in [0, 0.05) is 10.3 Å². The number of thiophene rings is 1. The number of ether oxygens (including phenoxy) is 1. The predicted octanol–water partition coefficient (Wildman–Crippen LogP) is 2.83. The number of methoxy groups -OCH3 is 1. The van der Waals surface area contributed by atoms with Gasteiger partial charge in [0.15, 0.2) is 0 Å². The lowest BCUT2D eigenvalue weighted by atomic mass is 10.5. The smallest absolute Gasteiger partial charge is 0.146 e. The van der Waals surface area contributed by atoms with E-state index >= 15 is 0 Å². The Labute approximate surface area is 66.8 Å². The Kier molecular flexibility index (Phi) is 2.13. The normalized spacial score (nSPS) is 9.67. The summed E-state index contributed by atoms with van der Waals surface area (Å²) in [5.41, 5.74) is 0. The van der Waals surface area contributed by atoms with Crippen LogP contribution >= 0.6 is 27.3 Å². The van der Waals surface area contributed by atoms with Crippen molar-refractivity contribution in [1.82, 2.24) is 0 Å². The highest BCUT2D eigenvalue weighted by Crippen LogP contribution is 2.33. The molecule has 1 aromatic rings. The van der Waals surface area contributed by atoms with Crippen molar-refractivity contribution in [2.75, 3.05) is 7.11 Å². The number of hydrogen-bond acceptors (Lipinski definition) is 2. The van der Waals surface area contributed by atoms with Crippen LogP contribution < -0.4 is 4.74 Å². The van der Waals surface area contributed by atoms with Gasteiger partial charge in [-0.1, -0.05) is 0 Å². The summed E-state index contributed by atoms with van der Waals surface area (Å²) in [5.74, 6) is 0.958. The maximum absolute atomic E-state index is 5.08. The second-order valence-corrected chi connectivity index (χ2v) is 3.61. The van der Waals surface area contributed by atoms with Gasteiger partial charge in [-0.2, -0.15) is 0 Å². The van der Waals surface area contributed by atoms with E-state index < -0.39 is 0 Å². The van der Waals surface area contributed by atoms with Crippen LogP contribution in [0.3, 0.4) is 0 Å².